The predicted molar refractivity (Wildman–Crippen MR) is 73.4 cm³/mol. The number of nitrogens with zero attached hydrogens (tertiary/aromatic N) is 4. The highest BCUT2D eigenvalue weighted by Gasteiger charge is 2.17. The first-order chi connectivity index (χ1) is 9.13. The lowest BCUT2D eigenvalue weighted by Gasteiger charge is -2.16. The van der Waals surface area contributed by atoms with E-state index in [2.05, 4.69) is 10.1 Å². The van der Waals surface area contributed by atoms with Crippen LogP contribution in [-0.4, -0.2) is 33.0 Å². The Bertz CT molecular complexity index is 629. The average Bonchev–Trinajstić information content (AvgIpc) is 2.74. The summed E-state index contributed by atoms with van der Waals surface area (Å²) < 4.78 is 8.43. The minimum absolute atomic E-state index is 0.00868. The molecule has 2 aromatic heterocycles. The van der Waals surface area contributed by atoms with Crippen LogP contribution in [0.5, 0.6) is 0 Å². The van der Waals surface area contributed by atoms with Crippen molar-refractivity contribution in [3.8, 4) is 0 Å². The number of ether oxygens (including phenoxy) is 1. The third-order valence-electron chi connectivity index (χ3n) is 3.40. The molecular weight excluding hydrogens is 244 g/mol. The molecule has 2 heterocycles. The predicted octanol–water partition coefficient (Wildman–Crippen LogP) is 1.29. The maximum absolute atomic E-state index is 12.6. The van der Waals surface area contributed by atoms with E-state index in [1.54, 1.807) is 29.7 Å². The monoisotopic (exact) mass is 264 g/mol. The van der Waals surface area contributed by atoms with Gasteiger partial charge in [-0.25, -0.2) is 4.98 Å². The van der Waals surface area contributed by atoms with Gasteiger partial charge in [-0.2, -0.15) is 5.10 Å². The minimum Gasteiger partial charge on any atom is -0.383 e. The molecule has 0 saturated carbocycles. The second-order valence-electron chi connectivity index (χ2n) is 4.60. The first-order valence-corrected chi connectivity index (χ1v) is 6.55. The number of aromatic nitrogens is 4. The van der Waals surface area contributed by atoms with Gasteiger partial charge in [0.25, 0.3) is 5.56 Å². The lowest BCUT2D eigenvalue weighted by molar-refractivity contribution is 0.151. The molecule has 0 spiro atoms. The van der Waals surface area contributed by atoms with E-state index in [9.17, 15) is 4.79 Å². The molecule has 0 aromatic carbocycles. The van der Waals surface area contributed by atoms with Gasteiger partial charge >= 0.3 is 0 Å². The molecule has 1 atom stereocenters. The van der Waals surface area contributed by atoms with Crippen molar-refractivity contribution < 1.29 is 4.74 Å². The summed E-state index contributed by atoms with van der Waals surface area (Å²) in [6.07, 6.45) is 3.20. The van der Waals surface area contributed by atoms with Gasteiger partial charge in [0.1, 0.15) is 5.52 Å². The van der Waals surface area contributed by atoms with E-state index in [0.717, 1.165) is 18.5 Å². The maximum atomic E-state index is 12.6. The number of rotatable bonds is 5. The molecule has 6 heteroatoms. The smallest absolute Gasteiger partial charge is 0.279 e. The molecule has 104 valence electrons. The summed E-state index contributed by atoms with van der Waals surface area (Å²) in [4.78, 5) is 17.0. The van der Waals surface area contributed by atoms with Gasteiger partial charge in [-0.1, -0.05) is 13.8 Å². The van der Waals surface area contributed by atoms with Crippen LogP contribution in [0.25, 0.3) is 11.0 Å². The van der Waals surface area contributed by atoms with Crippen LogP contribution in [0.1, 0.15) is 32.0 Å². The highest BCUT2D eigenvalue weighted by molar-refractivity contribution is 5.76. The van der Waals surface area contributed by atoms with Crippen molar-refractivity contribution >= 4 is 11.0 Å². The van der Waals surface area contributed by atoms with Gasteiger partial charge in [0, 0.05) is 14.2 Å². The van der Waals surface area contributed by atoms with Crippen molar-refractivity contribution in [2.45, 2.75) is 32.7 Å². The Morgan fingerprint density at radius 2 is 2.16 bits per heavy atom. The number of methoxy groups -OCH3 is 1. The van der Waals surface area contributed by atoms with Crippen molar-refractivity contribution in [3.63, 3.8) is 0 Å². The van der Waals surface area contributed by atoms with Crippen molar-refractivity contribution in [3.05, 3.63) is 22.4 Å². The zero-order valence-electron chi connectivity index (χ0n) is 11.9. The largest absolute Gasteiger partial charge is 0.383 e. The van der Waals surface area contributed by atoms with Gasteiger partial charge in [-0.15, -0.1) is 0 Å². The van der Waals surface area contributed by atoms with Gasteiger partial charge in [0.05, 0.1) is 24.7 Å². The van der Waals surface area contributed by atoms with Crippen LogP contribution < -0.4 is 5.56 Å². The summed E-state index contributed by atoms with van der Waals surface area (Å²) >= 11 is 0. The lowest BCUT2D eigenvalue weighted by Crippen LogP contribution is -2.28. The second kappa shape index (κ2) is 5.52. The summed E-state index contributed by atoms with van der Waals surface area (Å²) in [6.45, 7) is 4.54. The quantitative estimate of drug-likeness (QED) is 0.816. The van der Waals surface area contributed by atoms with E-state index in [1.165, 1.54) is 0 Å². The molecule has 0 aliphatic rings. The summed E-state index contributed by atoms with van der Waals surface area (Å²) in [5.41, 5.74) is 2.08. The Morgan fingerprint density at radius 1 is 1.42 bits per heavy atom. The number of hydrogen-bond donors (Lipinski definition) is 0. The van der Waals surface area contributed by atoms with Crippen LogP contribution in [0.15, 0.2) is 11.1 Å². The Hall–Kier alpha value is -1.69. The third-order valence-corrected chi connectivity index (χ3v) is 3.40. The average molecular weight is 264 g/mol. The van der Waals surface area contributed by atoms with E-state index >= 15 is 0 Å². The SMILES string of the molecule is CCc1nn(C)c2c(=O)n(C(CC)COC)cnc12. The molecule has 0 saturated heterocycles. The Kier molecular flexibility index (Phi) is 3.99. The Balaban J connectivity index is 2.63. The number of hydrogen-bond acceptors (Lipinski definition) is 4. The van der Waals surface area contributed by atoms with Gasteiger partial charge in [-0.05, 0) is 12.8 Å². The molecule has 2 rings (SSSR count). The van der Waals surface area contributed by atoms with Crippen molar-refractivity contribution in [1.29, 1.82) is 0 Å². The van der Waals surface area contributed by atoms with Crippen LogP contribution >= 0.6 is 0 Å². The Morgan fingerprint density at radius 3 is 2.74 bits per heavy atom. The van der Waals surface area contributed by atoms with Crippen LogP contribution in [-0.2, 0) is 18.2 Å². The van der Waals surface area contributed by atoms with Crippen LogP contribution in [0.2, 0.25) is 0 Å². The molecule has 0 amide bonds. The van der Waals surface area contributed by atoms with E-state index in [0.29, 0.717) is 17.6 Å². The summed E-state index contributed by atoms with van der Waals surface area (Å²) in [5, 5.41) is 4.35. The van der Waals surface area contributed by atoms with E-state index in [4.69, 9.17) is 4.74 Å². The summed E-state index contributed by atoms with van der Waals surface area (Å²) in [6, 6.07) is 0.00868. The molecule has 0 bridgehead atoms. The molecule has 0 radical (unpaired) electrons. The van der Waals surface area contributed by atoms with Gasteiger partial charge in [-0.3, -0.25) is 14.0 Å². The van der Waals surface area contributed by atoms with E-state index < -0.39 is 0 Å². The molecule has 0 N–H and O–H groups in total. The highest BCUT2D eigenvalue weighted by atomic mass is 16.5. The topological polar surface area (TPSA) is 61.9 Å². The van der Waals surface area contributed by atoms with Crippen LogP contribution in [0.4, 0.5) is 0 Å². The van der Waals surface area contributed by atoms with Gasteiger partial charge in [0.15, 0.2) is 5.52 Å². The molecule has 2 aromatic rings. The Labute approximate surface area is 112 Å². The zero-order valence-corrected chi connectivity index (χ0v) is 11.9. The molecule has 1 unspecified atom stereocenters. The number of aryl methyl sites for hydroxylation is 2. The van der Waals surface area contributed by atoms with Crippen LogP contribution in [0.3, 0.4) is 0 Å². The fourth-order valence-electron chi connectivity index (χ4n) is 2.32. The first-order valence-electron chi connectivity index (χ1n) is 6.55. The molecule has 6 nitrogen and oxygen atoms in total. The van der Waals surface area contributed by atoms with Gasteiger partial charge < -0.3 is 4.74 Å². The van der Waals surface area contributed by atoms with Crippen molar-refractivity contribution in [2.75, 3.05) is 13.7 Å². The van der Waals surface area contributed by atoms with Gasteiger partial charge in [0.2, 0.25) is 0 Å². The second-order valence-corrected chi connectivity index (χ2v) is 4.60. The number of fused-ring (bicyclic) bond motifs is 1. The summed E-state index contributed by atoms with van der Waals surface area (Å²) in [7, 11) is 3.42. The normalized spacial score (nSPS) is 13.1. The third kappa shape index (κ3) is 2.28. The fraction of sp³-hybridized carbons (Fsp3) is 0.615. The fourth-order valence-corrected chi connectivity index (χ4v) is 2.32. The molecule has 0 fully saturated rings. The van der Waals surface area contributed by atoms with E-state index in [1.807, 2.05) is 13.8 Å². The van der Waals surface area contributed by atoms with Crippen molar-refractivity contribution in [1.82, 2.24) is 19.3 Å². The minimum atomic E-state index is -0.0522. The molecule has 0 aliphatic heterocycles. The first kappa shape index (κ1) is 13.7. The molecule has 0 aliphatic carbocycles. The van der Waals surface area contributed by atoms with Crippen LogP contribution in [0, 0.1) is 0 Å². The van der Waals surface area contributed by atoms with Crippen molar-refractivity contribution in [2.24, 2.45) is 7.05 Å². The molecular formula is C13H20N4O2. The highest BCUT2D eigenvalue weighted by Crippen LogP contribution is 2.14. The molecule has 19 heavy (non-hydrogen) atoms. The lowest BCUT2D eigenvalue weighted by atomic mass is 10.2. The maximum Gasteiger partial charge on any atom is 0.279 e. The summed E-state index contributed by atoms with van der Waals surface area (Å²) in [5.74, 6) is 0. The standard InChI is InChI=1S/C13H20N4O2/c1-5-9(7-19-4)17-8-14-11-10(6-2)15-16(3)12(11)13(17)18/h8-9H,5-7H2,1-4H3. The zero-order chi connectivity index (χ0) is 14.0. The van der Waals surface area contributed by atoms with E-state index in [-0.39, 0.29) is 11.6 Å².